The Balaban J connectivity index is 1.19. The lowest BCUT2D eigenvalue weighted by molar-refractivity contribution is -0.149. The van der Waals surface area contributed by atoms with E-state index in [1.807, 2.05) is 19.9 Å². The van der Waals surface area contributed by atoms with E-state index in [2.05, 4.69) is 68.5 Å². The molecule has 5 heterocycles. The summed E-state index contributed by atoms with van der Waals surface area (Å²) in [5, 5.41) is 70.0. The Hall–Kier alpha value is -13.3. The van der Waals surface area contributed by atoms with Gasteiger partial charge in [-0.05, 0) is 98.7 Å². The number of nitrogens with one attached hydrogen (secondary N) is 14. The number of likely N-dealkylation sites (N-methyl/N-ethyl adjacent to an activating group) is 3. The van der Waals surface area contributed by atoms with Crippen molar-refractivity contribution in [2.45, 2.75) is 228 Å². The molecule has 44 heteroatoms. The first-order chi connectivity index (χ1) is 63.3. The summed E-state index contributed by atoms with van der Waals surface area (Å²) in [6, 6.07) is 0.0601. The number of guanidine groups is 1. The zero-order chi connectivity index (χ0) is 97.6. The van der Waals surface area contributed by atoms with E-state index in [1.165, 1.54) is 52.3 Å². The van der Waals surface area contributed by atoms with E-state index in [4.69, 9.17) is 28.3 Å². The molecule has 3 aliphatic rings. The maximum absolute atomic E-state index is 15.7. The first-order valence-corrected chi connectivity index (χ1v) is 45.7. The quantitative estimate of drug-likeness (QED) is 0.0152. The van der Waals surface area contributed by atoms with Crippen LogP contribution in [0.1, 0.15) is 140 Å². The summed E-state index contributed by atoms with van der Waals surface area (Å²) >= 11 is 0.759. The van der Waals surface area contributed by atoms with Gasteiger partial charge in [0.15, 0.2) is 5.96 Å². The predicted octanol–water partition coefficient (Wildman–Crippen LogP) is -3.77. The number of H-pyrrole nitrogens is 2. The van der Waals surface area contributed by atoms with Crippen LogP contribution in [0.25, 0.3) is 21.8 Å². The third-order valence-electron chi connectivity index (χ3n) is 23.7. The van der Waals surface area contributed by atoms with Gasteiger partial charge in [-0.15, -0.1) is 11.8 Å². The molecule has 0 bridgehead atoms. The smallest absolute Gasteiger partial charge is 0.246 e. The van der Waals surface area contributed by atoms with E-state index < -0.39 is 248 Å². The summed E-state index contributed by atoms with van der Waals surface area (Å²) in [4.78, 5) is 260. The molecule has 0 aliphatic carbocycles. The third-order valence-corrected chi connectivity index (χ3v) is 24.8. The highest BCUT2D eigenvalue weighted by atomic mass is 32.2. The van der Waals surface area contributed by atoms with Gasteiger partial charge in [0.1, 0.15) is 84.6 Å². The molecule has 3 saturated heterocycles. The number of nitriles is 1. The molecule has 5 aromatic rings. The number of primary amides is 2. The van der Waals surface area contributed by atoms with Crippen molar-refractivity contribution in [3.8, 4) is 6.07 Å². The summed E-state index contributed by atoms with van der Waals surface area (Å²) in [6.45, 7) is 5.37. The van der Waals surface area contributed by atoms with Crippen molar-refractivity contribution in [1.29, 1.82) is 10.7 Å². The monoisotopic (exact) mass is 1870 g/mol. The highest BCUT2D eigenvalue weighted by Crippen LogP contribution is 2.28. The summed E-state index contributed by atoms with van der Waals surface area (Å²) in [6.07, 6.45) is 1.25. The first-order valence-electron chi connectivity index (χ1n) is 44.5. The van der Waals surface area contributed by atoms with Crippen molar-refractivity contribution in [3.63, 3.8) is 0 Å². The van der Waals surface area contributed by atoms with Gasteiger partial charge < -0.3 is 126 Å². The highest BCUT2D eigenvalue weighted by molar-refractivity contribution is 8.00. The number of nitrogens with zero attached hydrogens (tertiary/aromatic N) is 6. The van der Waals surface area contributed by atoms with Gasteiger partial charge in [0.25, 0.3) is 0 Å². The highest BCUT2D eigenvalue weighted by Gasteiger charge is 2.47. The normalized spacial score (nSPS) is 24.9. The molecule has 3 aromatic carbocycles. The molecule has 1 unspecified atom stereocenters. The number of rotatable bonds is 25. The molecule has 2 aromatic heterocycles. The number of para-hydroxylation sites is 2. The Kier molecular flexibility index (Phi) is 39.8. The van der Waals surface area contributed by atoms with Gasteiger partial charge in [-0.2, -0.15) is 5.26 Å². The minimum absolute atomic E-state index is 0.0129. The zero-order valence-electron chi connectivity index (χ0n) is 76.0. The lowest BCUT2D eigenvalue weighted by Gasteiger charge is -2.36. The topological polar surface area (TPSA) is 662 Å². The van der Waals surface area contributed by atoms with Crippen LogP contribution in [0.2, 0.25) is 0 Å². The molecule has 722 valence electrons. The zero-order valence-corrected chi connectivity index (χ0v) is 76.8. The molecule has 3 fully saturated rings. The second kappa shape index (κ2) is 50.4. The van der Waals surface area contributed by atoms with Gasteiger partial charge in [0.2, 0.25) is 100 Å². The van der Waals surface area contributed by atoms with E-state index in [1.54, 1.807) is 74.8 Å². The fourth-order valence-corrected chi connectivity index (χ4v) is 17.1. The number of nitrogens with two attached hydrogens (primary N) is 4. The number of amides is 17. The van der Waals surface area contributed by atoms with Crippen molar-refractivity contribution in [2.24, 2.45) is 28.9 Å². The number of aromatic amines is 2. The van der Waals surface area contributed by atoms with Crippen molar-refractivity contribution in [1.82, 2.24) is 93.0 Å². The summed E-state index contributed by atoms with van der Waals surface area (Å²) in [5.74, 6) is -18.0. The van der Waals surface area contributed by atoms with E-state index >= 15 is 33.6 Å². The van der Waals surface area contributed by atoms with Crippen LogP contribution in [0, 0.1) is 22.7 Å². The molecular weight excluding hydrogens is 1740 g/mol. The lowest BCUT2D eigenvalue weighted by Crippen LogP contribution is -2.62. The number of hydrogen-bond donors (Lipinski definition) is 20. The van der Waals surface area contributed by atoms with E-state index in [-0.39, 0.29) is 88.8 Å². The summed E-state index contributed by atoms with van der Waals surface area (Å²) < 4.78 is 0. The fourth-order valence-electron chi connectivity index (χ4n) is 16.3. The van der Waals surface area contributed by atoms with Crippen LogP contribution in [0.5, 0.6) is 0 Å². The minimum atomic E-state index is -1.89. The number of carbonyl (C=O) groups is 17. The number of aliphatic hydroxyl groups is 2. The van der Waals surface area contributed by atoms with Gasteiger partial charge in [0.05, 0.1) is 43.1 Å². The van der Waals surface area contributed by atoms with Gasteiger partial charge in [-0.3, -0.25) is 86.9 Å². The Morgan fingerprint density at radius 3 is 1.68 bits per heavy atom. The van der Waals surface area contributed by atoms with Crippen LogP contribution in [-0.4, -0.2) is 314 Å². The van der Waals surface area contributed by atoms with Crippen molar-refractivity contribution in [3.05, 3.63) is 107 Å². The molecule has 8 rings (SSSR count). The van der Waals surface area contributed by atoms with Crippen LogP contribution in [0.4, 0.5) is 0 Å². The molecule has 24 N–H and O–H groups in total. The number of carbonyl (C=O) groups excluding carboxylic acids is 17. The number of aromatic nitrogens is 2. The second-order valence-corrected chi connectivity index (χ2v) is 35.1. The molecule has 0 saturated carbocycles. The number of fused-ring (bicyclic) bond motifs is 4. The molecule has 0 spiro atoms. The van der Waals surface area contributed by atoms with Crippen LogP contribution in [0.15, 0.2) is 85.2 Å². The number of thioether (sulfide) groups is 1. The predicted molar refractivity (Wildman–Crippen MR) is 490 cm³/mol. The second-order valence-electron chi connectivity index (χ2n) is 34.1. The van der Waals surface area contributed by atoms with Gasteiger partial charge in [0, 0.05) is 113 Å². The molecular formula is C89H126N24O19S. The Morgan fingerprint density at radius 2 is 1.09 bits per heavy atom. The van der Waals surface area contributed by atoms with E-state index in [0.29, 0.717) is 64.2 Å². The SMILES string of the molecule is CCCC[C@H]1C(=O)N(C)[C@@H](CCCC)C(=O)N[C@@H](CCCNC(=N)N)C(=O)N[C@H](C(=O)NCC(N)=O)CSCC(=O)N[C@@H](Cc2ccc(C#N)cc2)C(=O)N(C)[C@@H](C)C(=O)N[C@@H](CC(N)=O)C(=O)N2CCC[C@H]2C(=O)N[C@@H](CN)C(=O)N[C@@H](CC(C)C)C(=O)N2C[C@H](O)CC2C(=O)N[C@@H](Cc2c[nH]c3ccccc23)C(=O)N[C@@H](CO)C(=O)N[C@@H](Cc2c[nH]c3ccccc23)C(=O)N1C. The maximum Gasteiger partial charge on any atom is 0.246 e. The fraction of sp³-hybridized carbons (Fsp3) is 0.539. The largest absolute Gasteiger partial charge is 0.394 e. The molecule has 43 nitrogen and oxygen atoms in total. The van der Waals surface area contributed by atoms with E-state index in [9.17, 15) is 63.4 Å². The molecule has 133 heavy (non-hydrogen) atoms. The van der Waals surface area contributed by atoms with Crippen LogP contribution in [-0.2, 0) is 101 Å². The standard InChI is InChI=1S/C89H126N24O19S/c1-9-11-24-68-81(125)101-59(23-17-31-96-89(94)95)77(121)108-67(76(120)99-43-73(93)117)46-133-47-74(118)100-62(34-50-27-29-51(39-90)30-28-50)84(128)109(6)49(5)75(119)103-64(38-72(92)116)86(130)112-32-18-26-69(112)82(126)106-65(40-91)79(123)104-61(33-48(3)4)87(131)113-44-54(115)37-71(113)83(127)102-60(35-52-41-97-57-21-15-13-19-55(52)57)78(122)107-66(45-114)80(124)105-63(36-53-42-98-58-22-16-14-20-56(53)58)85(129)111(8)70(25-12-10-2)88(132)110(68)7/h13-16,19-22,27-30,41-42,48-49,54,59-71,97-98,114-115H,9-12,17-18,23-26,31-38,40,43-47,91H2,1-8H3,(H2,92,116)(H2,93,117)(H,99,120)(H,100,118)(H,101,125)(H,102,127)(H,103,119)(H,104,123)(H,105,124)(H,106,126)(H,107,122)(H,108,121)(H4,94,95,96)/t49-,54+,59-,60-,61-,62-,63-,64-,65-,66-,67-,68-,69-,70-,71?/m0/s1. The van der Waals surface area contributed by atoms with Crippen molar-refractivity contribution in [2.75, 3.05) is 72.0 Å². The van der Waals surface area contributed by atoms with Crippen molar-refractivity contribution < 1.29 is 91.7 Å². The Bertz CT molecular complexity index is 5060. The molecule has 15 atom stereocenters. The van der Waals surface area contributed by atoms with Gasteiger partial charge >= 0.3 is 0 Å². The molecule has 3 aliphatic heterocycles. The average molecular weight is 1870 g/mol. The molecule has 17 amide bonds. The van der Waals surface area contributed by atoms with Crippen LogP contribution < -0.4 is 81.4 Å². The van der Waals surface area contributed by atoms with E-state index in [0.717, 1.165) is 36.3 Å². The number of unbranched alkanes of at least 4 members (excludes halogenated alkanes) is 2. The number of benzene rings is 3. The number of hydrogen-bond acceptors (Lipinski definition) is 23. The van der Waals surface area contributed by atoms with Crippen LogP contribution in [0.3, 0.4) is 0 Å². The Morgan fingerprint density at radius 1 is 0.564 bits per heavy atom. The summed E-state index contributed by atoms with van der Waals surface area (Å²) in [5.41, 5.74) is 25.8. The number of aliphatic hydroxyl groups excluding tert-OH is 2. The van der Waals surface area contributed by atoms with Crippen LogP contribution >= 0.6 is 11.8 Å². The average Bonchev–Trinajstić information content (AvgIpc) is 1.78. The minimum Gasteiger partial charge on any atom is -0.394 e. The first kappa shape index (κ1) is 105. The summed E-state index contributed by atoms with van der Waals surface area (Å²) in [7, 11) is 3.89. The lowest BCUT2D eigenvalue weighted by atomic mass is 10.00. The Labute approximate surface area is 774 Å². The third kappa shape index (κ3) is 29.4. The maximum atomic E-state index is 15.7. The van der Waals surface area contributed by atoms with Crippen molar-refractivity contribution >= 4 is 140 Å². The van der Waals surface area contributed by atoms with Gasteiger partial charge in [-0.25, -0.2) is 0 Å². The molecule has 0 radical (unpaired) electrons. The van der Waals surface area contributed by atoms with Gasteiger partial charge in [-0.1, -0.05) is 102 Å².